The van der Waals surface area contributed by atoms with Gasteiger partial charge in [-0.2, -0.15) is 0 Å². The lowest BCUT2D eigenvalue weighted by Gasteiger charge is -2.41. The van der Waals surface area contributed by atoms with Gasteiger partial charge in [0, 0.05) is 0 Å². The molecule has 0 bridgehead atoms. The van der Waals surface area contributed by atoms with Crippen molar-refractivity contribution in [2.24, 2.45) is 11.8 Å². The Hall–Kier alpha value is -0.0800. The standard InChI is InChI=1S/C10H20O2/c1-7(2)9-6-8(11)4-5-10(9,3)12/h7-9,11-12H,4-6H2,1-3H3. The van der Waals surface area contributed by atoms with Gasteiger partial charge in [0.15, 0.2) is 0 Å². The lowest BCUT2D eigenvalue weighted by Crippen LogP contribution is -2.44. The van der Waals surface area contributed by atoms with E-state index in [4.69, 9.17) is 0 Å². The molecule has 2 nitrogen and oxygen atoms in total. The van der Waals surface area contributed by atoms with Gasteiger partial charge in [0.1, 0.15) is 0 Å². The fourth-order valence-electron chi connectivity index (χ4n) is 2.30. The van der Waals surface area contributed by atoms with Crippen LogP contribution in [-0.2, 0) is 0 Å². The molecule has 0 aromatic carbocycles. The van der Waals surface area contributed by atoms with Gasteiger partial charge < -0.3 is 10.2 Å². The molecule has 12 heavy (non-hydrogen) atoms. The Morgan fingerprint density at radius 1 is 1.42 bits per heavy atom. The highest BCUT2D eigenvalue weighted by atomic mass is 16.3. The van der Waals surface area contributed by atoms with E-state index in [1.807, 2.05) is 6.92 Å². The van der Waals surface area contributed by atoms with Crippen LogP contribution in [0, 0.1) is 11.8 Å². The van der Waals surface area contributed by atoms with Gasteiger partial charge in [0.2, 0.25) is 0 Å². The predicted molar refractivity (Wildman–Crippen MR) is 48.8 cm³/mol. The molecule has 1 aliphatic rings. The van der Waals surface area contributed by atoms with Crippen LogP contribution < -0.4 is 0 Å². The van der Waals surface area contributed by atoms with Crippen molar-refractivity contribution in [3.63, 3.8) is 0 Å². The van der Waals surface area contributed by atoms with Gasteiger partial charge in [-0.25, -0.2) is 0 Å². The van der Waals surface area contributed by atoms with Crippen molar-refractivity contribution in [1.82, 2.24) is 0 Å². The van der Waals surface area contributed by atoms with Crippen LogP contribution in [0.2, 0.25) is 0 Å². The van der Waals surface area contributed by atoms with Crippen LogP contribution in [0.15, 0.2) is 0 Å². The van der Waals surface area contributed by atoms with Crippen LogP contribution in [0.1, 0.15) is 40.0 Å². The fourth-order valence-corrected chi connectivity index (χ4v) is 2.30. The summed E-state index contributed by atoms with van der Waals surface area (Å²) in [5, 5.41) is 19.5. The maximum atomic E-state index is 10.0. The van der Waals surface area contributed by atoms with Crippen LogP contribution in [0.3, 0.4) is 0 Å². The molecule has 0 spiro atoms. The molecule has 3 unspecified atom stereocenters. The number of rotatable bonds is 1. The molecule has 2 N–H and O–H groups in total. The maximum Gasteiger partial charge on any atom is 0.0652 e. The van der Waals surface area contributed by atoms with E-state index in [9.17, 15) is 10.2 Å². The third kappa shape index (κ3) is 1.99. The zero-order valence-corrected chi connectivity index (χ0v) is 8.25. The molecule has 0 saturated heterocycles. The minimum absolute atomic E-state index is 0.197. The van der Waals surface area contributed by atoms with Crippen LogP contribution >= 0.6 is 0 Å². The monoisotopic (exact) mass is 172 g/mol. The van der Waals surface area contributed by atoms with Gasteiger partial charge >= 0.3 is 0 Å². The zero-order valence-electron chi connectivity index (χ0n) is 8.25. The van der Waals surface area contributed by atoms with E-state index in [1.54, 1.807) is 0 Å². The molecular formula is C10H20O2. The van der Waals surface area contributed by atoms with E-state index in [0.717, 1.165) is 19.3 Å². The van der Waals surface area contributed by atoms with E-state index in [-0.39, 0.29) is 12.0 Å². The Bertz CT molecular complexity index is 152. The average molecular weight is 172 g/mol. The zero-order chi connectivity index (χ0) is 9.35. The van der Waals surface area contributed by atoms with Gasteiger partial charge in [0.25, 0.3) is 0 Å². The molecule has 1 fully saturated rings. The van der Waals surface area contributed by atoms with Crippen molar-refractivity contribution in [2.75, 3.05) is 0 Å². The first-order chi connectivity index (χ1) is 5.43. The fraction of sp³-hybridized carbons (Fsp3) is 1.00. The van der Waals surface area contributed by atoms with Crippen molar-refractivity contribution in [3.8, 4) is 0 Å². The lowest BCUT2D eigenvalue weighted by atomic mass is 9.70. The molecule has 1 saturated carbocycles. The summed E-state index contributed by atoms with van der Waals surface area (Å²) in [5.41, 5.74) is -0.562. The highest BCUT2D eigenvalue weighted by Crippen LogP contribution is 2.37. The van der Waals surface area contributed by atoms with E-state index in [0.29, 0.717) is 5.92 Å². The maximum absolute atomic E-state index is 10.0. The molecule has 0 amide bonds. The van der Waals surface area contributed by atoms with Gasteiger partial charge in [-0.05, 0) is 38.0 Å². The first kappa shape index (κ1) is 10.0. The Labute approximate surface area is 74.6 Å². The van der Waals surface area contributed by atoms with E-state index in [2.05, 4.69) is 13.8 Å². The highest BCUT2D eigenvalue weighted by Gasteiger charge is 2.39. The van der Waals surface area contributed by atoms with Crippen molar-refractivity contribution in [1.29, 1.82) is 0 Å². The second-order valence-corrected chi connectivity index (χ2v) is 4.64. The number of aliphatic hydroxyl groups is 2. The number of hydrogen-bond acceptors (Lipinski definition) is 2. The van der Waals surface area contributed by atoms with E-state index < -0.39 is 5.60 Å². The minimum atomic E-state index is -0.562. The molecule has 0 aromatic heterocycles. The van der Waals surface area contributed by atoms with Crippen LogP contribution in [0.5, 0.6) is 0 Å². The molecule has 0 radical (unpaired) electrons. The normalized spacial score (nSPS) is 43.5. The molecule has 72 valence electrons. The molecule has 2 heteroatoms. The summed E-state index contributed by atoms with van der Waals surface area (Å²) in [5.74, 6) is 0.705. The molecule has 3 atom stereocenters. The van der Waals surface area contributed by atoms with E-state index in [1.165, 1.54) is 0 Å². The minimum Gasteiger partial charge on any atom is -0.393 e. The van der Waals surface area contributed by atoms with E-state index >= 15 is 0 Å². The summed E-state index contributed by atoms with van der Waals surface area (Å²) < 4.78 is 0. The topological polar surface area (TPSA) is 40.5 Å². The van der Waals surface area contributed by atoms with Crippen molar-refractivity contribution in [3.05, 3.63) is 0 Å². The summed E-state index contributed by atoms with van der Waals surface area (Å²) in [6.07, 6.45) is 2.04. The second-order valence-electron chi connectivity index (χ2n) is 4.64. The Morgan fingerprint density at radius 3 is 2.42 bits per heavy atom. The summed E-state index contributed by atoms with van der Waals surface area (Å²) in [4.78, 5) is 0. The first-order valence-electron chi connectivity index (χ1n) is 4.84. The van der Waals surface area contributed by atoms with Crippen LogP contribution in [0.25, 0.3) is 0 Å². The van der Waals surface area contributed by atoms with Crippen molar-refractivity contribution in [2.45, 2.75) is 51.7 Å². The molecule has 0 aliphatic heterocycles. The predicted octanol–water partition coefficient (Wildman–Crippen LogP) is 1.55. The molecular weight excluding hydrogens is 152 g/mol. The lowest BCUT2D eigenvalue weighted by molar-refractivity contribution is -0.0831. The largest absolute Gasteiger partial charge is 0.393 e. The highest BCUT2D eigenvalue weighted by molar-refractivity contribution is 4.90. The summed E-state index contributed by atoms with van der Waals surface area (Å²) >= 11 is 0. The number of hydrogen-bond donors (Lipinski definition) is 2. The number of aliphatic hydroxyl groups excluding tert-OH is 1. The summed E-state index contributed by atoms with van der Waals surface area (Å²) in [7, 11) is 0. The third-order valence-electron chi connectivity index (χ3n) is 3.11. The SMILES string of the molecule is CC(C)C1CC(O)CCC1(C)O. The first-order valence-corrected chi connectivity index (χ1v) is 4.84. The van der Waals surface area contributed by atoms with Gasteiger partial charge in [-0.3, -0.25) is 0 Å². The Kier molecular flexibility index (Phi) is 2.79. The Morgan fingerprint density at radius 2 is 2.00 bits per heavy atom. The Balaban J connectivity index is 2.65. The van der Waals surface area contributed by atoms with Gasteiger partial charge in [0.05, 0.1) is 11.7 Å². The quantitative estimate of drug-likeness (QED) is 0.630. The molecule has 0 aromatic rings. The smallest absolute Gasteiger partial charge is 0.0652 e. The summed E-state index contributed by atoms with van der Waals surface area (Å²) in [6.45, 7) is 6.11. The van der Waals surface area contributed by atoms with Crippen LogP contribution in [0.4, 0.5) is 0 Å². The third-order valence-corrected chi connectivity index (χ3v) is 3.11. The van der Waals surface area contributed by atoms with Crippen molar-refractivity contribution >= 4 is 0 Å². The summed E-state index contributed by atoms with van der Waals surface area (Å²) in [6, 6.07) is 0. The van der Waals surface area contributed by atoms with Gasteiger partial charge in [-0.1, -0.05) is 13.8 Å². The second kappa shape index (κ2) is 3.35. The van der Waals surface area contributed by atoms with Gasteiger partial charge in [-0.15, -0.1) is 0 Å². The average Bonchev–Trinajstić information content (AvgIpc) is 1.94. The molecule has 0 heterocycles. The molecule has 1 aliphatic carbocycles. The van der Waals surface area contributed by atoms with Crippen LogP contribution in [-0.4, -0.2) is 21.9 Å². The molecule has 1 rings (SSSR count). The van der Waals surface area contributed by atoms with Crippen molar-refractivity contribution < 1.29 is 10.2 Å².